The summed E-state index contributed by atoms with van der Waals surface area (Å²) in [5.74, 6) is -0.709. The highest BCUT2D eigenvalue weighted by atomic mass is 35.5. The number of nitriles is 1. The SMILES string of the molecule is N#C[C@H]1C(=O)Nc2nc3ccccc3n2[C@H]1c1ccc(Cl)cc1. The first-order chi connectivity index (χ1) is 11.2. The second-order valence-corrected chi connectivity index (χ2v) is 5.82. The van der Waals surface area contributed by atoms with Crippen LogP contribution in [-0.4, -0.2) is 15.5 Å². The van der Waals surface area contributed by atoms with Gasteiger partial charge in [-0.25, -0.2) is 4.98 Å². The number of amides is 1. The van der Waals surface area contributed by atoms with Gasteiger partial charge in [0.2, 0.25) is 11.9 Å². The minimum Gasteiger partial charge on any atom is -0.300 e. The maximum absolute atomic E-state index is 12.3. The smallest absolute Gasteiger partial charge is 0.246 e. The molecule has 1 aliphatic rings. The first-order valence-electron chi connectivity index (χ1n) is 7.12. The van der Waals surface area contributed by atoms with Crippen LogP contribution in [-0.2, 0) is 4.79 Å². The van der Waals surface area contributed by atoms with Crippen molar-refractivity contribution in [2.75, 3.05) is 5.32 Å². The summed E-state index contributed by atoms with van der Waals surface area (Å²) >= 11 is 5.96. The Balaban J connectivity index is 2.00. The monoisotopic (exact) mass is 322 g/mol. The van der Waals surface area contributed by atoms with Crippen LogP contribution < -0.4 is 5.32 Å². The summed E-state index contributed by atoms with van der Waals surface area (Å²) in [7, 11) is 0. The van der Waals surface area contributed by atoms with Crippen LogP contribution in [0.3, 0.4) is 0 Å². The maximum atomic E-state index is 12.3. The molecule has 112 valence electrons. The summed E-state index contributed by atoms with van der Waals surface area (Å²) in [5.41, 5.74) is 2.50. The molecule has 0 saturated carbocycles. The third kappa shape index (κ3) is 2.07. The van der Waals surface area contributed by atoms with Crippen LogP contribution >= 0.6 is 11.6 Å². The van der Waals surface area contributed by atoms with Crippen LogP contribution in [0, 0.1) is 17.2 Å². The number of nitrogens with one attached hydrogen (secondary N) is 1. The minimum absolute atomic E-state index is 0.338. The number of nitrogens with zero attached hydrogens (tertiary/aromatic N) is 3. The number of halogens is 1. The summed E-state index contributed by atoms with van der Waals surface area (Å²) in [5, 5.41) is 12.8. The Kier molecular flexibility index (Phi) is 3.07. The Morgan fingerprint density at radius 1 is 1.17 bits per heavy atom. The predicted molar refractivity (Wildman–Crippen MR) is 87.1 cm³/mol. The van der Waals surface area contributed by atoms with E-state index in [0.29, 0.717) is 11.0 Å². The highest BCUT2D eigenvalue weighted by molar-refractivity contribution is 6.30. The number of anilines is 1. The number of fused-ring (bicyclic) bond motifs is 3. The quantitative estimate of drug-likeness (QED) is 0.746. The fraction of sp³-hybridized carbons (Fsp3) is 0.118. The van der Waals surface area contributed by atoms with Gasteiger partial charge in [0.05, 0.1) is 23.1 Å². The number of carbonyl (C=O) groups is 1. The lowest BCUT2D eigenvalue weighted by Gasteiger charge is -2.29. The molecule has 23 heavy (non-hydrogen) atoms. The number of rotatable bonds is 1. The topological polar surface area (TPSA) is 70.7 Å². The van der Waals surface area contributed by atoms with Gasteiger partial charge >= 0.3 is 0 Å². The van der Waals surface area contributed by atoms with Crippen molar-refractivity contribution >= 4 is 34.5 Å². The van der Waals surface area contributed by atoms with E-state index in [2.05, 4.69) is 16.4 Å². The van der Waals surface area contributed by atoms with Gasteiger partial charge in [-0.05, 0) is 29.8 Å². The maximum Gasteiger partial charge on any atom is 0.246 e. The molecule has 2 heterocycles. The van der Waals surface area contributed by atoms with E-state index < -0.39 is 12.0 Å². The standard InChI is InChI=1S/C17H11ClN4O/c18-11-7-5-10(6-8-11)15-12(9-19)16(23)21-17-20-13-3-1-2-4-14(13)22(15)17/h1-8,12,15H,(H,20,21,23)/t12-,15+/m1/s1. The molecule has 0 radical (unpaired) electrons. The van der Waals surface area contributed by atoms with Crippen molar-refractivity contribution in [2.24, 2.45) is 5.92 Å². The molecule has 5 nitrogen and oxygen atoms in total. The lowest BCUT2D eigenvalue weighted by Crippen LogP contribution is -2.37. The second-order valence-electron chi connectivity index (χ2n) is 5.39. The van der Waals surface area contributed by atoms with Crippen molar-refractivity contribution < 1.29 is 4.79 Å². The van der Waals surface area contributed by atoms with E-state index in [-0.39, 0.29) is 5.91 Å². The Morgan fingerprint density at radius 2 is 1.91 bits per heavy atom. The largest absolute Gasteiger partial charge is 0.300 e. The minimum atomic E-state index is -0.832. The second kappa shape index (κ2) is 5.11. The van der Waals surface area contributed by atoms with Crippen molar-refractivity contribution in [3.63, 3.8) is 0 Å². The number of hydrogen-bond donors (Lipinski definition) is 1. The fourth-order valence-electron chi connectivity index (χ4n) is 3.03. The summed E-state index contributed by atoms with van der Waals surface area (Å²) in [6.45, 7) is 0. The Hall–Kier alpha value is -2.84. The van der Waals surface area contributed by atoms with Crippen molar-refractivity contribution in [3.8, 4) is 6.07 Å². The predicted octanol–water partition coefficient (Wildman–Crippen LogP) is 3.37. The molecule has 1 amide bonds. The van der Waals surface area contributed by atoms with Crippen molar-refractivity contribution in [3.05, 3.63) is 59.1 Å². The van der Waals surface area contributed by atoms with Crippen LogP contribution in [0.4, 0.5) is 5.95 Å². The van der Waals surface area contributed by atoms with Gasteiger partial charge in [0.1, 0.15) is 0 Å². The van der Waals surface area contributed by atoms with Crippen LogP contribution in [0.1, 0.15) is 11.6 Å². The highest BCUT2D eigenvalue weighted by Gasteiger charge is 2.38. The Bertz CT molecular complexity index is 955. The number of imidazole rings is 1. The molecule has 0 aliphatic carbocycles. The molecule has 4 rings (SSSR count). The van der Waals surface area contributed by atoms with Gasteiger partial charge in [-0.3, -0.25) is 10.1 Å². The molecule has 2 aromatic carbocycles. The van der Waals surface area contributed by atoms with Crippen LogP contribution in [0.5, 0.6) is 0 Å². The van der Waals surface area contributed by atoms with Gasteiger partial charge in [0.25, 0.3) is 0 Å². The zero-order valence-corrected chi connectivity index (χ0v) is 12.7. The average Bonchev–Trinajstić information content (AvgIpc) is 2.92. The fourth-order valence-corrected chi connectivity index (χ4v) is 3.15. The number of benzene rings is 2. The van der Waals surface area contributed by atoms with E-state index >= 15 is 0 Å². The number of para-hydroxylation sites is 2. The van der Waals surface area contributed by atoms with Crippen LogP contribution in [0.25, 0.3) is 11.0 Å². The lowest BCUT2D eigenvalue weighted by molar-refractivity contribution is -0.119. The molecule has 2 atom stereocenters. The lowest BCUT2D eigenvalue weighted by atomic mass is 9.91. The summed E-state index contributed by atoms with van der Waals surface area (Å²) < 4.78 is 1.91. The van der Waals surface area contributed by atoms with Gasteiger partial charge in [0.15, 0.2) is 5.92 Å². The third-order valence-electron chi connectivity index (χ3n) is 4.06. The normalized spacial score (nSPS) is 19.9. The van der Waals surface area contributed by atoms with Crippen molar-refractivity contribution in [1.29, 1.82) is 5.26 Å². The zero-order valence-electron chi connectivity index (χ0n) is 11.9. The van der Waals surface area contributed by atoms with Gasteiger partial charge in [0, 0.05) is 5.02 Å². The summed E-state index contributed by atoms with van der Waals surface area (Å²) in [6, 6.07) is 16.5. The van der Waals surface area contributed by atoms with E-state index in [1.54, 1.807) is 12.1 Å². The first kappa shape index (κ1) is 13.8. The molecular formula is C17H11ClN4O. The number of hydrogen-bond acceptors (Lipinski definition) is 3. The molecule has 0 bridgehead atoms. The summed E-state index contributed by atoms with van der Waals surface area (Å²) in [6.07, 6.45) is 0. The van der Waals surface area contributed by atoms with E-state index in [1.807, 2.05) is 41.0 Å². The highest BCUT2D eigenvalue weighted by Crippen LogP contribution is 2.37. The average molecular weight is 323 g/mol. The van der Waals surface area contributed by atoms with Crippen molar-refractivity contribution in [1.82, 2.24) is 9.55 Å². The number of aromatic nitrogens is 2. The van der Waals surface area contributed by atoms with Gasteiger partial charge in [-0.2, -0.15) is 5.26 Å². The molecule has 0 unspecified atom stereocenters. The van der Waals surface area contributed by atoms with E-state index in [0.717, 1.165) is 16.6 Å². The molecule has 1 N–H and O–H groups in total. The molecular weight excluding hydrogens is 312 g/mol. The Morgan fingerprint density at radius 3 is 2.65 bits per heavy atom. The van der Waals surface area contributed by atoms with Gasteiger partial charge in [-0.1, -0.05) is 35.9 Å². The third-order valence-corrected chi connectivity index (χ3v) is 4.31. The molecule has 1 aliphatic heterocycles. The molecule has 6 heteroatoms. The first-order valence-corrected chi connectivity index (χ1v) is 7.50. The van der Waals surface area contributed by atoms with Gasteiger partial charge < -0.3 is 4.57 Å². The molecule has 0 fully saturated rings. The van der Waals surface area contributed by atoms with Crippen LogP contribution in [0.2, 0.25) is 5.02 Å². The molecule has 0 saturated heterocycles. The zero-order chi connectivity index (χ0) is 16.0. The summed E-state index contributed by atoms with van der Waals surface area (Å²) in [4.78, 5) is 16.8. The molecule has 1 aromatic heterocycles. The van der Waals surface area contributed by atoms with E-state index in [4.69, 9.17) is 11.6 Å². The molecule has 3 aromatic rings. The van der Waals surface area contributed by atoms with Crippen molar-refractivity contribution in [2.45, 2.75) is 6.04 Å². The van der Waals surface area contributed by atoms with E-state index in [1.165, 1.54) is 0 Å². The van der Waals surface area contributed by atoms with Gasteiger partial charge in [-0.15, -0.1) is 0 Å². The number of carbonyl (C=O) groups excluding carboxylic acids is 1. The van der Waals surface area contributed by atoms with Crippen LogP contribution in [0.15, 0.2) is 48.5 Å². The molecule has 0 spiro atoms. The Labute approximate surface area is 137 Å². The van der Waals surface area contributed by atoms with E-state index in [9.17, 15) is 10.1 Å².